The Balaban J connectivity index is 2.07. The quantitative estimate of drug-likeness (QED) is 0.786. The van der Waals surface area contributed by atoms with Gasteiger partial charge < -0.3 is 5.32 Å². The molecule has 1 aromatic carbocycles. The standard InChI is InChI=1S/C17H24Cl2N2O3S/c1-3-12(2)20-17(22)13-5-4-8-21(10-13)25(23,24)11-14-6-7-15(18)9-16(14)19/h6-7,9,12-13H,3-5,8,10-11H2,1-2H3,(H,20,22)/t12-,13+/m0/s1. The van der Waals surface area contributed by atoms with Crippen molar-refractivity contribution in [2.75, 3.05) is 13.1 Å². The molecule has 2 atom stereocenters. The van der Waals surface area contributed by atoms with Crippen molar-refractivity contribution in [2.45, 2.75) is 44.9 Å². The zero-order chi connectivity index (χ0) is 18.6. The van der Waals surface area contributed by atoms with Crippen LogP contribution in [0.15, 0.2) is 18.2 Å². The van der Waals surface area contributed by atoms with Crippen LogP contribution >= 0.6 is 23.2 Å². The molecule has 5 nitrogen and oxygen atoms in total. The average molecular weight is 407 g/mol. The van der Waals surface area contributed by atoms with Gasteiger partial charge in [0.1, 0.15) is 0 Å². The SMILES string of the molecule is CC[C@H](C)NC(=O)[C@@H]1CCCN(S(=O)(=O)Cc2ccc(Cl)cc2Cl)C1. The second-order valence-electron chi connectivity index (χ2n) is 6.51. The van der Waals surface area contributed by atoms with Crippen LogP contribution in [-0.4, -0.2) is 37.8 Å². The molecule has 8 heteroatoms. The molecule has 0 saturated carbocycles. The number of piperidine rings is 1. The molecule has 140 valence electrons. The second kappa shape index (κ2) is 8.71. The van der Waals surface area contributed by atoms with Crippen LogP contribution in [0.5, 0.6) is 0 Å². The van der Waals surface area contributed by atoms with Crippen LogP contribution in [0.3, 0.4) is 0 Å². The first-order chi connectivity index (χ1) is 11.7. The van der Waals surface area contributed by atoms with Crippen LogP contribution in [0.2, 0.25) is 10.0 Å². The third-order valence-electron chi connectivity index (χ3n) is 4.50. The third-order valence-corrected chi connectivity index (χ3v) is 6.88. The highest BCUT2D eigenvalue weighted by Gasteiger charge is 2.33. The van der Waals surface area contributed by atoms with Crippen LogP contribution in [0, 0.1) is 5.92 Å². The van der Waals surface area contributed by atoms with Crippen molar-refractivity contribution in [2.24, 2.45) is 5.92 Å². The molecule has 1 aliphatic rings. The first-order valence-corrected chi connectivity index (χ1v) is 10.8. The molecular weight excluding hydrogens is 383 g/mol. The number of amides is 1. The molecular formula is C17H24Cl2N2O3S. The van der Waals surface area contributed by atoms with Crippen LogP contribution < -0.4 is 5.32 Å². The van der Waals surface area contributed by atoms with E-state index in [-0.39, 0.29) is 30.2 Å². The summed E-state index contributed by atoms with van der Waals surface area (Å²) in [5, 5.41) is 3.74. The fourth-order valence-electron chi connectivity index (χ4n) is 2.80. The Bertz CT molecular complexity index is 725. The van der Waals surface area contributed by atoms with Gasteiger partial charge in [-0.25, -0.2) is 12.7 Å². The van der Waals surface area contributed by atoms with Gasteiger partial charge in [0.2, 0.25) is 15.9 Å². The van der Waals surface area contributed by atoms with E-state index in [9.17, 15) is 13.2 Å². The zero-order valence-electron chi connectivity index (χ0n) is 14.5. The second-order valence-corrected chi connectivity index (χ2v) is 9.32. The van der Waals surface area contributed by atoms with E-state index in [4.69, 9.17) is 23.2 Å². The number of hydrogen-bond acceptors (Lipinski definition) is 3. The largest absolute Gasteiger partial charge is 0.353 e. The fraction of sp³-hybridized carbons (Fsp3) is 0.588. The van der Waals surface area contributed by atoms with Crippen LogP contribution in [0.1, 0.15) is 38.7 Å². The smallest absolute Gasteiger partial charge is 0.224 e. The van der Waals surface area contributed by atoms with Gasteiger partial charge in [-0.15, -0.1) is 0 Å². The molecule has 0 bridgehead atoms. The molecule has 2 rings (SSSR count). The molecule has 1 aromatic rings. The van der Waals surface area contributed by atoms with E-state index in [0.717, 1.165) is 6.42 Å². The zero-order valence-corrected chi connectivity index (χ0v) is 16.8. The Morgan fingerprint density at radius 3 is 2.76 bits per heavy atom. The summed E-state index contributed by atoms with van der Waals surface area (Å²) in [5.74, 6) is -0.570. The Morgan fingerprint density at radius 1 is 1.40 bits per heavy atom. The number of benzene rings is 1. The van der Waals surface area contributed by atoms with Gasteiger partial charge in [0.25, 0.3) is 0 Å². The monoisotopic (exact) mass is 406 g/mol. The molecule has 25 heavy (non-hydrogen) atoms. The van der Waals surface area contributed by atoms with Crippen molar-refractivity contribution in [3.63, 3.8) is 0 Å². The van der Waals surface area contributed by atoms with E-state index in [1.165, 1.54) is 10.4 Å². The van der Waals surface area contributed by atoms with Gasteiger partial charge in [0, 0.05) is 29.2 Å². The average Bonchev–Trinajstić information content (AvgIpc) is 2.57. The molecule has 0 aromatic heterocycles. The highest BCUT2D eigenvalue weighted by Crippen LogP contribution is 2.26. The highest BCUT2D eigenvalue weighted by molar-refractivity contribution is 7.88. The number of nitrogens with one attached hydrogen (secondary N) is 1. The molecule has 0 spiro atoms. The van der Waals surface area contributed by atoms with Gasteiger partial charge in [0.05, 0.1) is 11.7 Å². The number of halogens is 2. The number of carbonyl (C=O) groups excluding carboxylic acids is 1. The molecule has 1 aliphatic heterocycles. The lowest BCUT2D eigenvalue weighted by Crippen LogP contribution is -2.47. The van der Waals surface area contributed by atoms with Crippen molar-refractivity contribution in [1.82, 2.24) is 9.62 Å². The Hall–Kier alpha value is -0.820. The van der Waals surface area contributed by atoms with Crippen molar-refractivity contribution in [3.05, 3.63) is 33.8 Å². The maximum Gasteiger partial charge on any atom is 0.224 e. The molecule has 1 N–H and O–H groups in total. The summed E-state index contributed by atoms with van der Waals surface area (Å²) in [6.45, 7) is 4.59. The summed E-state index contributed by atoms with van der Waals surface area (Å²) in [7, 11) is -3.55. The molecule has 0 radical (unpaired) electrons. The minimum absolute atomic E-state index is 0.0706. The van der Waals surface area contributed by atoms with Crippen molar-refractivity contribution >= 4 is 39.1 Å². The van der Waals surface area contributed by atoms with E-state index in [1.54, 1.807) is 12.1 Å². The van der Waals surface area contributed by atoms with Gasteiger partial charge >= 0.3 is 0 Å². The predicted molar refractivity (Wildman–Crippen MR) is 101 cm³/mol. The first-order valence-electron chi connectivity index (χ1n) is 8.45. The number of hydrogen-bond donors (Lipinski definition) is 1. The minimum atomic E-state index is -3.55. The predicted octanol–water partition coefficient (Wildman–Crippen LogP) is 3.45. The summed E-state index contributed by atoms with van der Waals surface area (Å²) in [6, 6.07) is 4.87. The lowest BCUT2D eigenvalue weighted by Gasteiger charge is -2.32. The topological polar surface area (TPSA) is 66.5 Å². The molecule has 0 aliphatic carbocycles. The minimum Gasteiger partial charge on any atom is -0.353 e. The lowest BCUT2D eigenvalue weighted by atomic mass is 9.98. The van der Waals surface area contributed by atoms with Crippen molar-refractivity contribution < 1.29 is 13.2 Å². The number of rotatable bonds is 6. The lowest BCUT2D eigenvalue weighted by molar-refractivity contribution is -0.126. The summed E-state index contributed by atoms with van der Waals surface area (Å²) in [5.41, 5.74) is 0.511. The van der Waals surface area contributed by atoms with Gasteiger partial charge in [-0.1, -0.05) is 36.2 Å². The van der Waals surface area contributed by atoms with Crippen LogP contribution in [0.4, 0.5) is 0 Å². The maximum absolute atomic E-state index is 12.7. The van der Waals surface area contributed by atoms with Gasteiger partial charge in [-0.05, 0) is 43.9 Å². The van der Waals surface area contributed by atoms with Gasteiger partial charge in [-0.2, -0.15) is 0 Å². The Labute approximate surface area is 159 Å². The summed E-state index contributed by atoms with van der Waals surface area (Å²) in [4.78, 5) is 12.3. The number of carbonyl (C=O) groups is 1. The van der Waals surface area contributed by atoms with E-state index in [0.29, 0.717) is 35.0 Å². The van der Waals surface area contributed by atoms with Crippen LogP contribution in [0.25, 0.3) is 0 Å². The van der Waals surface area contributed by atoms with E-state index in [1.807, 2.05) is 13.8 Å². The van der Waals surface area contributed by atoms with E-state index in [2.05, 4.69) is 5.32 Å². The normalized spacial score (nSPS) is 20.2. The van der Waals surface area contributed by atoms with Crippen LogP contribution in [-0.2, 0) is 20.6 Å². The molecule has 1 saturated heterocycles. The molecule has 0 unspecified atom stereocenters. The summed E-state index contributed by atoms with van der Waals surface area (Å²) in [6.07, 6.45) is 2.22. The van der Waals surface area contributed by atoms with E-state index >= 15 is 0 Å². The molecule has 1 fully saturated rings. The third kappa shape index (κ3) is 5.58. The van der Waals surface area contributed by atoms with Crippen molar-refractivity contribution in [3.8, 4) is 0 Å². The molecule has 1 amide bonds. The number of sulfonamides is 1. The van der Waals surface area contributed by atoms with Crippen molar-refractivity contribution in [1.29, 1.82) is 0 Å². The van der Waals surface area contributed by atoms with Gasteiger partial charge in [0.15, 0.2) is 0 Å². The van der Waals surface area contributed by atoms with E-state index < -0.39 is 10.0 Å². The maximum atomic E-state index is 12.7. The summed E-state index contributed by atoms with van der Waals surface area (Å²) >= 11 is 12.0. The fourth-order valence-corrected chi connectivity index (χ4v) is 4.99. The van der Waals surface area contributed by atoms with Gasteiger partial charge in [-0.3, -0.25) is 4.79 Å². The first kappa shape index (κ1) is 20.5. The summed E-state index contributed by atoms with van der Waals surface area (Å²) < 4.78 is 26.9. The Kier molecular flexibility index (Phi) is 7.14. The molecule has 1 heterocycles. The Morgan fingerprint density at radius 2 is 2.12 bits per heavy atom. The number of nitrogens with zero attached hydrogens (tertiary/aromatic N) is 1. The highest BCUT2D eigenvalue weighted by atomic mass is 35.5.